The van der Waals surface area contributed by atoms with Crippen LogP contribution in [0.4, 0.5) is 0 Å². The average Bonchev–Trinajstić information content (AvgIpc) is 2.25. The number of rotatable bonds is 0. The molecule has 4 rings (SSSR count). The normalized spacial score (nSPS) is 52.9. The number of esters is 1. The van der Waals surface area contributed by atoms with Crippen molar-refractivity contribution in [1.82, 2.24) is 0 Å². The molecule has 4 bridgehead atoms. The van der Waals surface area contributed by atoms with Gasteiger partial charge in [-0.1, -0.05) is 0 Å². The maximum Gasteiger partial charge on any atom is 0.309 e. The lowest BCUT2D eigenvalue weighted by atomic mass is 9.65. The number of fused-ring (bicyclic) bond motifs is 1. The zero-order valence-electron chi connectivity index (χ0n) is 6.45. The van der Waals surface area contributed by atoms with Crippen LogP contribution in [0.5, 0.6) is 0 Å². The third kappa shape index (κ3) is 0.652. The smallest absolute Gasteiger partial charge is 0.309 e. The van der Waals surface area contributed by atoms with Crippen LogP contribution in [0.25, 0.3) is 0 Å². The summed E-state index contributed by atoms with van der Waals surface area (Å²) in [7, 11) is 0. The molecule has 0 aromatic heterocycles. The lowest BCUT2D eigenvalue weighted by Gasteiger charge is -2.38. The molecule has 3 saturated carbocycles. The van der Waals surface area contributed by atoms with Gasteiger partial charge in [0, 0.05) is 5.92 Å². The molecule has 11 heavy (non-hydrogen) atoms. The summed E-state index contributed by atoms with van der Waals surface area (Å²) in [5, 5.41) is 0. The molecule has 60 valence electrons. The Morgan fingerprint density at radius 2 is 2.18 bits per heavy atom. The molecule has 0 N–H and O–H groups in total. The van der Waals surface area contributed by atoms with Crippen molar-refractivity contribution in [3.8, 4) is 0 Å². The second kappa shape index (κ2) is 1.79. The Hall–Kier alpha value is -0.530. The first-order valence-corrected chi connectivity index (χ1v) is 4.55. The fourth-order valence-corrected chi connectivity index (χ4v) is 3.09. The Morgan fingerprint density at radius 1 is 1.27 bits per heavy atom. The molecule has 4 atom stereocenters. The van der Waals surface area contributed by atoms with Crippen molar-refractivity contribution in [2.45, 2.75) is 31.8 Å². The second-order valence-corrected chi connectivity index (χ2v) is 4.16. The quantitative estimate of drug-likeness (QED) is 0.490. The minimum atomic E-state index is 0.0993. The first kappa shape index (κ1) is 6.04. The van der Waals surface area contributed by atoms with E-state index < -0.39 is 0 Å². The lowest BCUT2D eigenvalue weighted by molar-refractivity contribution is -0.143. The summed E-state index contributed by atoms with van der Waals surface area (Å²) in [5.41, 5.74) is 0. The predicted molar refractivity (Wildman–Crippen MR) is 38.8 cm³/mol. The molecule has 3 aliphatic carbocycles. The number of carbonyl (C=O) groups excluding carboxylic acids is 1. The molecule has 2 heteroatoms. The second-order valence-electron chi connectivity index (χ2n) is 4.16. The van der Waals surface area contributed by atoms with Crippen molar-refractivity contribution in [1.29, 1.82) is 0 Å². The van der Waals surface area contributed by atoms with Crippen LogP contribution in [-0.4, -0.2) is 12.1 Å². The standard InChI is InChI=1S/C9H12O2/c10-9-7-3-5-1-2-6(7)8(4-5)11-9/h5-8H,1-4H2/t5-,6-,7+,8+/m1/s1. The van der Waals surface area contributed by atoms with Crippen LogP contribution in [-0.2, 0) is 9.53 Å². The summed E-state index contributed by atoms with van der Waals surface area (Å²) >= 11 is 0. The van der Waals surface area contributed by atoms with Gasteiger partial charge in [0.05, 0.1) is 5.92 Å². The molecule has 0 radical (unpaired) electrons. The molecule has 0 amide bonds. The maximum atomic E-state index is 11.2. The van der Waals surface area contributed by atoms with Gasteiger partial charge in [0.1, 0.15) is 6.10 Å². The maximum absolute atomic E-state index is 11.2. The highest BCUT2D eigenvalue weighted by Crippen LogP contribution is 2.50. The van der Waals surface area contributed by atoms with Crippen molar-refractivity contribution < 1.29 is 9.53 Å². The number of hydrogen-bond donors (Lipinski definition) is 0. The highest BCUT2D eigenvalue weighted by Gasteiger charge is 2.52. The van der Waals surface area contributed by atoms with Gasteiger partial charge in [-0.05, 0) is 31.6 Å². The summed E-state index contributed by atoms with van der Waals surface area (Å²) in [6.07, 6.45) is 5.19. The highest BCUT2D eigenvalue weighted by molar-refractivity contribution is 5.75. The molecule has 0 spiro atoms. The molecule has 4 aliphatic rings. The molecular weight excluding hydrogens is 140 g/mol. The predicted octanol–water partition coefficient (Wildman–Crippen LogP) is 1.35. The van der Waals surface area contributed by atoms with E-state index in [-0.39, 0.29) is 5.97 Å². The average molecular weight is 152 g/mol. The van der Waals surface area contributed by atoms with E-state index >= 15 is 0 Å². The van der Waals surface area contributed by atoms with Gasteiger partial charge in [-0.25, -0.2) is 0 Å². The Morgan fingerprint density at radius 3 is 2.82 bits per heavy atom. The fourth-order valence-electron chi connectivity index (χ4n) is 3.09. The molecule has 0 aromatic rings. The van der Waals surface area contributed by atoms with Crippen LogP contribution in [0, 0.1) is 17.8 Å². The van der Waals surface area contributed by atoms with Gasteiger partial charge in [0.2, 0.25) is 0 Å². The molecule has 1 saturated heterocycles. The van der Waals surface area contributed by atoms with E-state index in [1.807, 2.05) is 0 Å². The summed E-state index contributed by atoms with van der Waals surface area (Å²) in [6.45, 7) is 0. The first-order chi connectivity index (χ1) is 5.34. The van der Waals surface area contributed by atoms with Crippen molar-refractivity contribution in [2.75, 3.05) is 0 Å². The van der Waals surface area contributed by atoms with Crippen LogP contribution in [0.2, 0.25) is 0 Å². The minimum Gasteiger partial charge on any atom is -0.462 e. The monoisotopic (exact) mass is 152 g/mol. The van der Waals surface area contributed by atoms with E-state index in [4.69, 9.17) is 4.74 Å². The van der Waals surface area contributed by atoms with Crippen molar-refractivity contribution >= 4 is 5.97 Å². The molecule has 4 fully saturated rings. The van der Waals surface area contributed by atoms with Crippen LogP contribution >= 0.6 is 0 Å². The Balaban J connectivity index is 1.99. The molecule has 0 unspecified atom stereocenters. The summed E-state index contributed by atoms with van der Waals surface area (Å²) in [4.78, 5) is 11.2. The van der Waals surface area contributed by atoms with E-state index in [1.165, 1.54) is 12.8 Å². The summed E-state index contributed by atoms with van der Waals surface area (Å²) in [6, 6.07) is 0. The molecule has 1 heterocycles. The van der Waals surface area contributed by atoms with Gasteiger partial charge in [0.15, 0.2) is 0 Å². The fraction of sp³-hybridized carbons (Fsp3) is 0.889. The number of hydrogen-bond acceptors (Lipinski definition) is 2. The summed E-state index contributed by atoms with van der Waals surface area (Å²) in [5.74, 6) is 1.81. The molecule has 1 aliphatic heterocycles. The van der Waals surface area contributed by atoms with Gasteiger partial charge in [-0.2, -0.15) is 0 Å². The Labute approximate surface area is 65.9 Å². The van der Waals surface area contributed by atoms with Crippen LogP contribution in [0.3, 0.4) is 0 Å². The zero-order chi connectivity index (χ0) is 7.42. The summed E-state index contributed by atoms with van der Waals surface area (Å²) < 4.78 is 5.28. The van der Waals surface area contributed by atoms with Gasteiger partial charge in [-0.15, -0.1) is 0 Å². The van der Waals surface area contributed by atoms with Crippen molar-refractivity contribution in [2.24, 2.45) is 17.8 Å². The lowest BCUT2D eigenvalue weighted by Crippen LogP contribution is -2.36. The first-order valence-electron chi connectivity index (χ1n) is 4.55. The Bertz CT molecular complexity index is 212. The molecule has 2 nitrogen and oxygen atoms in total. The SMILES string of the molecule is O=C1O[C@H]2C[C@@H]3CC[C@@H]2[C@@H]1C3. The van der Waals surface area contributed by atoms with Crippen molar-refractivity contribution in [3.63, 3.8) is 0 Å². The highest BCUT2D eigenvalue weighted by atomic mass is 16.6. The molecular formula is C9H12O2. The number of ether oxygens (including phenoxy) is 1. The van der Waals surface area contributed by atoms with E-state index in [9.17, 15) is 4.79 Å². The molecule has 0 aromatic carbocycles. The Kier molecular flexibility index (Phi) is 0.984. The zero-order valence-corrected chi connectivity index (χ0v) is 6.45. The van der Waals surface area contributed by atoms with Gasteiger partial charge < -0.3 is 4.74 Å². The van der Waals surface area contributed by atoms with Gasteiger partial charge in [0.25, 0.3) is 0 Å². The van der Waals surface area contributed by atoms with E-state index in [0.717, 1.165) is 18.8 Å². The van der Waals surface area contributed by atoms with Crippen molar-refractivity contribution in [3.05, 3.63) is 0 Å². The minimum absolute atomic E-state index is 0.0993. The third-order valence-electron chi connectivity index (χ3n) is 3.63. The van der Waals surface area contributed by atoms with Crippen LogP contribution in [0.15, 0.2) is 0 Å². The van der Waals surface area contributed by atoms with E-state index in [0.29, 0.717) is 17.9 Å². The van der Waals surface area contributed by atoms with Crippen LogP contribution < -0.4 is 0 Å². The third-order valence-corrected chi connectivity index (χ3v) is 3.63. The van der Waals surface area contributed by atoms with Crippen LogP contribution in [0.1, 0.15) is 25.7 Å². The largest absolute Gasteiger partial charge is 0.462 e. The van der Waals surface area contributed by atoms with Gasteiger partial charge in [-0.3, -0.25) is 4.79 Å². The number of carbonyl (C=O) groups is 1. The van der Waals surface area contributed by atoms with Gasteiger partial charge >= 0.3 is 5.97 Å². The topological polar surface area (TPSA) is 26.3 Å². The van der Waals surface area contributed by atoms with E-state index in [2.05, 4.69) is 0 Å². The van der Waals surface area contributed by atoms with E-state index in [1.54, 1.807) is 0 Å².